The lowest BCUT2D eigenvalue weighted by molar-refractivity contribution is 0.334. The monoisotopic (exact) mass is 177 g/mol. The van der Waals surface area contributed by atoms with Crippen molar-refractivity contribution in [3.8, 4) is 5.75 Å². The van der Waals surface area contributed by atoms with Crippen LogP contribution in [0.5, 0.6) is 5.75 Å². The summed E-state index contributed by atoms with van der Waals surface area (Å²) in [7, 11) is 0. The Morgan fingerprint density at radius 2 is 2.00 bits per heavy atom. The van der Waals surface area contributed by atoms with E-state index < -0.39 is 0 Å². The highest BCUT2D eigenvalue weighted by atomic mass is 16.6. The average molecular weight is 177 g/mol. The fourth-order valence-electron chi connectivity index (χ4n) is 1.11. The Morgan fingerprint density at radius 1 is 1.23 bits per heavy atom. The lowest BCUT2D eigenvalue weighted by Gasteiger charge is -1.98. The lowest BCUT2D eigenvalue weighted by atomic mass is 10.2. The van der Waals surface area contributed by atoms with Gasteiger partial charge in [0.25, 0.3) is 0 Å². The summed E-state index contributed by atoms with van der Waals surface area (Å²) in [5, 5.41) is 0.834. The second-order valence-corrected chi connectivity index (χ2v) is 2.57. The summed E-state index contributed by atoms with van der Waals surface area (Å²) in [6, 6.07) is 8.08. The van der Waals surface area contributed by atoms with Gasteiger partial charge in [0, 0.05) is 17.5 Å². The Hall–Kier alpha value is -1.81. The molecule has 0 aliphatic rings. The van der Waals surface area contributed by atoms with Crippen LogP contribution in [0.2, 0.25) is 0 Å². The molecule has 0 bridgehead atoms. The molecular weight excluding hydrogens is 170 g/mol. The van der Waals surface area contributed by atoms with Crippen LogP contribution in [0.1, 0.15) is 0 Å². The molecule has 0 spiro atoms. The van der Waals surface area contributed by atoms with Crippen molar-refractivity contribution in [1.82, 2.24) is 0 Å². The van der Waals surface area contributed by atoms with Gasteiger partial charge in [0.2, 0.25) is 0 Å². The summed E-state index contributed by atoms with van der Waals surface area (Å²) in [5.74, 6) is 5.42. The van der Waals surface area contributed by atoms with Gasteiger partial charge in [-0.1, -0.05) is 0 Å². The number of rotatable bonds is 1. The molecule has 66 valence electrons. The van der Waals surface area contributed by atoms with E-state index in [0.29, 0.717) is 11.3 Å². The molecule has 0 atom stereocenters. The van der Waals surface area contributed by atoms with E-state index >= 15 is 0 Å². The molecule has 1 heterocycles. The molecule has 1 aromatic heterocycles. The van der Waals surface area contributed by atoms with Crippen molar-refractivity contribution in [1.29, 1.82) is 0 Å². The predicted octanol–water partition coefficient (Wildman–Crippen LogP) is 1.05. The number of fused-ring (bicyclic) bond motifs is 1. The van der Waals surface area contributed by atoms with Crippen LogP contribution >= 0.6 is 0 Å². The van der Waals surface area contributed by atoms with Gasteiger partial charge < -0.3 is 9.25 Å². The molecule has 0 aliphatic carbocycles. The zero-order valence-electron chi connectivity index (χ0n) is 6.69. The Kier molecular flexibility index (Phi) is 1.75. The summed E-state index contributed by atoms with van der Waals surface area (Å²) in [4.78, 5) is 15.3. The fraction of sp³-hybridized carbons (Fsp3) is 0. The molecule has 0 saturated carbocycles. The maximum absolute atomic E-state index is 10.8. The normalized spacial score (nSPS) is 10.2. The first-order valence-corrected chi connectivity index (χ1v) is 3.70. The topological polar surface area (TPSA) is 65.5 Å². The SMILES string of the molecule is NOc1ccc2ccc(=O)oc2c1. The zero-order chi connectivity index (χ0) is 9.26. The van der Waals surface area contributed by atoms with E-state index in [2.05, 4.69) is 4.84 Å². The highest BCUT2D eigenvalue weighted by Crippen LogP contribution is 2.18. The summed E-state index contributed by atoms with van der Waals surface area (Å²) in [6.45, 7) is 0. The van der Waals surface area contributed by atoms with E-state index in [-0.39, 0.29) is 5.63 Å². The van der Waals surface area contributed by atoms with Gasteiger partial charge >= 0.3 is 5.63 Å². The number of hydrogen-bond donors (Lipinski definition) is 1. The van der Waals surface area contributed by atoms with Gasteiger partial charge in [-0.15, -0.1) is 0 Å². The minimum absolute atomic E-state index is 0.387. The Balaban J connectivity index is 2.75. The first kappa shape index (κ1) is 7.82. The van der Waals surface area contributed by atoms with Crippen LogP contribution in [0, 0.1) is 0 Å². The number of hydrogen-bond acceptors (Lipinski definition) is 4. The Bertz CT molecular complexity index is 489. The van der Waals surface area contributed by atoms with Gasteiger partial charge in [0.1, 0.15) is 5.58 Å². The van der Waals surface area contributed by atoms with Gasteiger partial charge in [-0.25, -0.2) is 4.79 Å². The average Bonchev–Trinajstić information content (AvgIpc) is 2.16. The minimum atomic E-state index is -0.387. The third-order valence-corrected chi connectivity index (χ3v) is 1.73. The van der Waals surface area contributed by atoms with Crippen LogP contribution in [0.4, 0.5) is 0 Å². The molecule has 2 aromatic rings. The largest absolute Gasteiger partial charge is 0.423 e. The molecule has 2 N–H and O–H groups in total. The Morgan fingerprint density at radius 3 is 2.77 bits per heavy atom. The molecule has 0 fully saturated rings. The first-order chi connectivity index (χ1) is 6.29. The highest BCUT2D eigenvalue weighted by molar-refractivity contribution is 5.77. The van der Waals surface area contributed by atoms with Gasteiger partial charge in [0.15, 0.2) is 5.75 Å². The van der Waals surface area contributed by atoms with E-state index in [0.717, 1.165) is 5.39 Å². The molecule has 4 heteroatoms. The quantitative estimate of drug-likeness (QED) is 0.522. The molecule has 13 heavy (non-hydrogen) atoms. The van der Waals surface area contributed by atoms with Crippen molar-refractivity contribution in [2.24, 2.45) is 5.90 Å². The van der Waals surface area contributed by atoms with E-state index in [1.165, 1.54) is 6.07 Å². The van der Waals surface area contributed by atoms with Crippen LogP contribution in [0.25, 0.3) is 11.0 Å². The zero-order valence-corrected chi connectivity index (χ0v) is 6.69. The van der Waals surface area contributed by atoms with Crippen LogP contribution < -0.4 is 16.4 Å². The van der Waals surface area contributed by atoms with Gasteiger partial charge in [-0.3, -0.25) is 0 Å². The predicted molar refractivity (Wildman–Crippen MR) is 47.3 cm³/mol. The van der Waals surface area contributed by atoms with E-state index in [9.17, 15) is 4.79 Å². The summed E-state index contributed by atoms with van der Waals surface area (Å²) >= 11 is 0. The summed E-state index contributed by atoms with van der Waals surface area (Å²) < 4.78 is 4.91. The van der Waals surface area contributed by atoms with Crippen molar-refractivity contribution in [2.45, 2.75) is 0 Å². The van der Waals surface area contributed by atoms with Gasteiger partial charge in [0.05, 0.1) is 0 Å². The Labute approximate surface area is 73.5 Å². The third kappa shape index (κ3) is 1.39. The molecule has 2 rings (SSSR count). The second kappa shape index (κ2) is 2.91. The molecule has 0 amide bonds. The fourth-order valence-corrected chi connectivity index (χ4v) is 1.11. The van der Waals surface area contributed by atoms with Crippen LogP contribution in [-0.4, -0.2) is 0 Å². The van der Waals surface area contributed by atoms with Gasteiger partial charge in [-0.2, -0.15) is 5.90 Å². The molecule has 1 aromatic carbocycles. The van der Waals surface area contributed by atoms with Crippen LogP contribution in [0.3, 0.4) is 0 Å². The second-order valence-electron chi connectivity index (χ2n) is 2.57. The lowest BCUT2D eigenvalue weighted by Crippen LogP contribution is -2.01. The third-order valence-electron chi connectivity index (χ3n) is 1.73. The molecular formula is C9H7NO3. The number of benzene rings is 1. The molecule has 0 unspecified atom stereocenters. The molecule has 0 radical (unpaired) electrons. The number of nitrogens with two attached hydrogens (primary N) is 1. The van der Waals surface area contributed by atoms with Crippen molar-refractivity contribution in [2.75, 3.05) is 0 Å². The van der Waals surface area contributed by atoms with E-state index in [1.54, 1.807) is 24.3 Å². The van der Waals surface area contributed by atoms with E-state index in [4.69, 9.17) is 10.3 Å². The van der Waals surface area contributed by atoms with Gasteiger partial charge in [-0.05, 0) is 18.2 Å². The molecule has 0 aliphatic heterocycles. The van der Waals surface area contributed by atoms with Crippen molar-refractivity contribution < 1.29 is 9.25 Å². The first-order valence-electron chi connectivity index (χ1n) is 3.70. The standard InChI is InChI=1S/C9H7NO3/c10-13-7-3-1-6-2-4-9(11)12-8(6)5-7/h1-5H,10H2. The van der Waals surface area contributed by atoms with Crippen molar-refractivity contribution in [3.63, 3.8) is 0 Å². The highest BCUT2D eigenvalue weighted by Gasteiger charge is 1.98. The molecule has 0 saturated heterocycles. The maximum Gasteiger partial charge on any atom is 0.336 e. The van der Waals surface area contributed by atoms with Crippen molar-refractivity contribution in [3.05, 3.63) is 40.8 Å². The maximum atomic E-state index is 10.8. The van der Waals surface area contributed by atoms with Crippen LogP contribution in [0.15, 0.2) is 39.5 Å². The molecule has 4 nitrogen and oxygen atoms in total. The van der Waals surface area contributed by atoms with E-state index in [1.807, 2.05) is 0 Å². The summed E-state index contributed by atoms with van der Waals surface area (Å²) in [6.07, 6.45) is 0. The minimum Gasteiger partial charge on any atom is -0.423 e. The van der Waals surface area contributed by atoms with Crippen molar-refractivity contribution >= 4 is 11.0 Å². The summed E-state index contributed by atoms with van der Waals surface area (Å²) in [5.41, 5.74) is 0.0807. The smallest absolute Gasteiger partial charge is 0.336 e. The van der Waals surface area contributed by atoms with Crippen LogP contribution in [-0.2, 0) is 0 Å².